The van der Waals surface area contributed by atoms with Crippen molar-refractivity contribution in [2.45, 2.75) is 13.8 Å². The van der Waals surface area contributed by atoms with Crippen LogP contribution in [0.25, 0.3) is 10.9 Å². The van der Waals surface area contributed by atoms with Crippen molar-refractivity contribution in [2.24, 2.45) is 0 Å². The minimum Gasteiger partial charge on any atom is -0.284 e. The van der Waals surface area contributed by atoms with Crippen LogP contribution in [0.5, 0.6) is 0 Å². The first kappa shape index (κ1) is 12.8. The van der Waals surface area contributed by atoms with Crippen molar-refractivity contribution in [3.05, 3.63) is 28.7 Å². The van der Waals surface area contributed by atoms with E-state index in [-0.39, 0.29) is 5.91 Å². The Bertz CT molecular complexity index is 608. The SMILES string of the molecule is CON(C)C(=O)c1c(C=C(C)C)sc2cncn12. The molecule has 2 heterocycles. The molecule has 0 bridgehead atoms. The van der Waals surface area contributed by atoms with E-state index >= 15 is 0 Å². The Hall–Kier alpha value is -1.66. The fourth-order valence-corrected chi connectivity index (χ4v) is 2.76. The number of carbonyl (C=O) groups is 1. The Labute approximate surface area is 109 Å². The van der Waals surface area contributed by atoms with Crippen molar-refractivity contribution >= 4 is 28.2 Å². The number of allylic oxidation sites excluding steroid dienone is 1. The largest absolute Gasteiger partial charge is 0.295 e. The quantitative estimate of drug-likeness (QED) is 0.801. The van der Waals surface area contributed by atoms with Crippen LogP contribution in [0.15, 0.2) is 18.1 Å². The Kier molecular flexibility index (Phi) is 3.49. The molecule has 0 aliphatic heterocycles. The van der Waals surface area contributed by atoms with E-state index in [4.69, 9.17) is 4.84 Å². The maximum atomic E-state index is 12.3. The second-order valence-electron chi connectivity index (χ2n) is 4.12. The molecule has 1 amide bonds. The minimum absolute atomic E-state index is 0.186. The highest BCUT2D eigenvalue weighted by molar-refractivity contribution is 7.18. The highest BCUT2D eigenvalue weighted by atomic mass is 32.1. The van der Waals surface area contributed by atoms with Gasteiger partial charge in [0.15, 0.2) is 0 Å². The molecule has 5 nitrogen and oxygen atoms in total. The zero-order chi connectivity index (χ0) is 13.3. The molecule has 0 saturated heterocycles. The van der Waals surface area contributed by atoms with E-state index in [0.717, 1.165) is 15.3 Å². The second-order valence-corrected chi connectivity index (χ2v) is 5.19. The first-order valence-electron chi connectivity index (χ1n) is 5.46. The number of hydroxylamine groups is 2. The third-order valence-corrected chi connectivity index (χ3v) is 3.52. The van der Waals surface area contributed by atoms with Crippen molar-refractivity contribution in [1.82, 2.24) is 14.4 Å². The molecule has 2 aromatic rings. The van der Waals surface area contributed by atoms with Crippen LogP contribution in [0.3, 0.4) is 0 Å². The Balaban J connectivity index is 2.61. The van der Waals surface area contributed by atoms with E-state index in [9.17, 15) is 4.79 Å². The van der Waals surface area contributed by atoms with Crippen molar-refractivity contribution in [1.29, 1.82) is 0 Å². The molecule has 2 aromatic heterocycles. The molecule has 0 aliphatic carbocycles. The molecule has 6 heteroatoms. The molecule has 0 fully saturated rings. The molecule has 0 N–H and O–H groups in total. The highest BCUT2D eigenvalue weighted by Gasteiger charge is 2.21. The van der Waals surface area contributed by atoms with Crippen LogP contribution in [0.2, 0.25) is 0 Å². The van der Waals surface area contributed by atoms with Crippen LogP contribution < -0.4 is 0 Å². The van der Waals surface area contributed by atoms with Crippen molar-refractivity contribution < 1.29 is 9.63 Å². The number of rotatable bonds is 3. The molecule has 0 radical (unpaired) electrons. The van der Waals surface area contributed by atoms with Gasteiger partial charge in [0.05, 0.1) is 18.2 Å². The molecule has 2 rings (SSSR count). The van der Waals surface area contributed by atoms with Crippen LogP contribution >= 0.6 is 11.3 Å². The van der Waals surface area contributed by atoms with Gasteiger partial charge in [0.1, 0.15) is 16.9 Å². The molecular formula is C12H15N3O2S. The van der Waals surface area contributed by atoms with Crippen LogP contribution in [0.4, 0.5) is 0 Å². The predicted octanol–water partition coefficient (Wildman–Crippen LogP) is 2.45. The number of nitrogens with zero attached hydrogens (tertiary/aromatic N) is 3. The standard InChI is InChI=1S/C12H15N3O2S/c1-8(2)5-9-11(12(16)14(3)17-4)15-7-13-6-10(15)18-9/h5-7H,1-4H3. The monoisotopic (exact) mass is 265 g/mol. The fraction of sp³-hybridized carbons (Fsp3) is 0.333. The summed E-state index contributed by atoms with van der Waals surface area (Å²) >= 11 is 1.54. The molecule has 0 unspecified atom stereocenters. The summed E-state index contributed by atoms with van der Waals surface area (Å²) in [5.74, 6) is -0.186. The van der Waals surface area contributed by atoms with Gasteiger partial charge in [0.25, 0.3) is 5.91 Å². The van der Waals surface area contributed by atoms with E-state index in [0.29, 0.717) is 5.69 Å². The third-order valence-electron chi connectivity index (χ3n) is 2.48. The summed E-state index contributed by atoms with van der Waals surface area (Å²) in [6, 6.07) is 0. The first-order valence-corrected chi connectivity index (χ1v) is 6.28. The number of fused-ring (bicyclic) bond motifs is 1. The summed E-state index contributed by atoms with van der Waals surface area (Å²) in [5, 5.41) is 1.21. The van der Waals surface area contributed by atoms with Gasteiger partial charge in [0.2, 0.25) is 0 Å². The summed E-state index contributed by atoms with van der Waals surface area (Å²) < 4.78 is 1.79. The summed E-state index contributed by atoms with van der Waals surface area (Å²) in [6.45, 7) is 4.00. The van der Waals surface area contributed by atoms with Crippen molar-refractivity contribution in [3.63, 3.8) is 0 Å². The van der Waals surface area contributed by atoms with Crippen LogP contribution in [-0.4, -0.2) is 34.5 Å². The van der Waals surface area contributed by atoms with Gasteiger partial charge in [-0.3, -0.25) is 14.0 Å². The Morgan fingerprint density at radius 3 is 2.89 bits per heavy atom. The maximum absolute atomic E-state index is 12.3. The van der Waals surface area contributed by atoms with E-state index < -0.39 is 0 Å². The van der Waals surface area contributed by atoms with Crippen LogP contribution in [0.1, 0.15) is 29.2 Å². The molecule has 0 spiro atoms. The Morgan fingerprint density at radius 1 is 1.56 bits per heavy atom. The zero-order valence-corrected chi connectivity index (χ0v) is 11.6. The summed E-state index contributed by atoms with van der Waals surface area (Å²) in [6.07, 6.45) is 5.38. The van der Waals surface area contributed by atoms with E-state index in [2.05, 4.69) is 4.98 Å². The minimum atomic E-state index is -0.186. The Morgan fingerprint density at radius 2 is 2.28 bits per heavy atom. The second kappa shape index (κ2) is 4.91. The smallest absolute Gasteiger partial charge is 0.284 e. The van der Waals surface area contributed by atoms with Gasteiger partial charge in [0, 0.05) is 7.05 Å². The van der Waals surface area contributed by atoms with Gasteiger partial charge in [-0.05, 0) is 19.9 Å². The van der Waals surface area contributed by atoms with E-state index in [1.54, 1.807) is 24.0 Å². The zero-order valence-electron chi connectivity index (χ0n) is 10.8. The molecule has 0 atom stereocenters. The van der Waals surface area contributed by atoms with Gasteiger partial charge in [-0.15, -0.1) is 11.3 Å². The lowest BCUT2D eigenvalue weighted by atomic mass is 10.2. The van der Waals surface area contributed by atoms with Crippen LogP contribution in [0, 0.1) is 0 Å². The number of aromatic nitrogens is 2. The topological polar surface area (TPSA) is 46.8 Å². The van der Waals surface area contributed by atoms with Crippen molar-refractivity contribution in [3.8, 4) is 0 Å². The first-order chi connectivity index (χ1) is 8.54. The van der Waals surface area contributed by atoms with Crippen molar-refractivity contribution in [2.75, 3.05) is 14.2 Å². The average Bonchev–Trinajstić information content (AvgIpc) is 2.86. The van der Waals surface area contributed by atoms with E-state index in [1.807, 2.05) is 19.9 Å². The van der Waals surface area contributed by atoms with Gasteiger partial charge in [-0.2, -0.15) is 0 Å². The number of hydrogen-bond donors (Lipinski definition) is 0. The molecule has 0 aromatic carbocycles. The number of amides is 1. The van der Waals surface area contributed by atoms with Crippen LogP contribution in [-0.2, 0) is 4.84 Å². The number of carbonyl (C=O) groups excluding carboxylic acids is 1. The summed E-state index contributed by atoms with van der Waals surface area (Å²) in [7, 11) is 3.06. The lowest BCUT2D eigenvalue weighted by Crippen LogP contribution is -2.27. The average molecular weight is 265 g/mol. The summed E-state index contributed by atoms with van der Waals surface area (Å²) in [5.41, 5.74) is 1.72. The third kappa shape index (κ3) is 2.16. The van der Waals surface area contributed by atoms with Gasteiger partial charge >= 0.3 is 0 Å². The van der Waals surface area contributed by atoms with Gasteiger partial charge in [-0.1, -0.05) is 5.57 Å². The number of hydrogen-bond acceptors (Lipinski definition) is 4. The molecule has 96 valence electrons. The predicted molar refractivity (Wildman–Crippen MR) is 71.5 cm³/mol. The lowest BCUT2D eigenvalue weighted by molar-refractivity contribution is -0.0761. The molecule has 0 saturated carbocycles. The molecule has 0 aliphatic rings. The maximum Gasteiger partial charge on any atom is 0.295 e. The fourth-order valence-electron chi connectivity index (χ4n) is 1.61. The summed E-state index contributed by atoms with van der Waals surface area (Å²) in [4.78, 5) is 23.1. The highest BCUT2D eigenvalue weighted by Crippen LogP contribution is 2.26. The number of thiazole rings is 1. The van der Waals surface area contributed by atoms with Gasteiger partial charge < -0.3 is 0 Å². The molecular weight excluding hydrogens is 250 g/mol. The van der Waals surface area contributed by atoms with Gasteiger partial charge in [-0.25, -0.2) is 10.0 Å². The molecule has 18 heavy (non-hydrogen) atoms. The normalized spacial score (nSPS) is 10.7. The van der Waals surface area contributed by atoms with E-state index in [1.165, 1.54) is 23.5 Å². The lowest BCUT2D eigenvalue weighted by Gasteiger charge is -2.13. The number of imidazole rings is 1.